The predicted octanol–water partition coefficient (Wildman–Crippen LogP) is 2.49. The minimum absolute atomic E-state index is 0.127. The second kappa shape index (κ2) is 9.40. The summed E-state index contributed by atoms with van der Waals surface area (Å²) in [4.78, 5) is 30.4. The van der Waals surface area contributed by atoms with Crippen LogP contribution in [0.3, 0.4) is 0 Å². The van der Waals surface area contributed by atoms with Gasteiger partial charge in [-0.2, -0.15) is 13.2 Å². The van der Waals surface area contributed by atoms with Gasteiger partial charge in [-0.3, -0.25) is 9.69 Å². The highest BCUT2D eigenvalue weighted by molar-refractivity contribution is 7.07. The molecule has 0 unspecified atom stereocenters. The molecule has 3 aliphatic rings. The number of carbonyl (C=O) groups is 2. The molecule has 0 bridgehead atoms. The van der Waals surface area contributed by atoms with Crippen LogP contribution in [0.25, 0.3) is 0 Å². The van der Waals surface area contributed by atoms with Crippen molar-refractivity contribution in [1.82, 2.24) is 14.8 Å². The number of ether oxygens (including phenoxy) is 1. The lowest BCUT2D eigenvalue weighted by molar-refractivity contribution is -0.192. The van der Waals surface area contributed by atoms with Gasteiger partial charge in [-0.1, -0.05) is 0 Å². The molecule has 1 aromatic rings. The van der Waals surface area contributed by atoms with Crippen LogP contribution in [0.2, 0.25) is 0 Å². The Hall–Kier alpha value is -1.72. The number of rotatable bonds is 3. The van der Waals surface area contributed by atoms with Crippen LogP contribution in [0, 0.1) is 5.92 Å². The summed E-state index contributed by atoms with van der Waals surface area (Å²) in [6.45, 7) is 5.04. The first kappa shape index (κ1) is 22.0. The lowest BCUT2D eigenvalue weighted by Gasteiger charge is -2.30. The van der Waals surface area contributed by atoms with Crippen LogP contribution in [0.1, 0.15) is 36.2 Å². The number of hydrogen-bond donors (Lipinski definition) is 1. The molecular formula is C18H24F3N3O4S. The summed E-state index contributed by atoms with van der Waals surface area (Å²) >= 11 is 1.49. The van der Waals surface area contributed by atoms with Crippen molar-refractivity contribution in [1.29, 1.82) is 0 Å². The van der Waals surface area contributed by atoms with Crippen molar-refractivity contribution in [3.05, 3.63) is 16.6 Å². The number of carbonyl (C=O) groups excluding carboxylic acids is 1. The number of carboxylic acids is 1. The quantitative estimate of drug-likeness (QED) is 0.786. The van der Waals surface area contributed by atoms with Crippen molar-refractivity contribution in [2.75, 3.05) is 32.8 Å². The minimum Gasteiger partial charge on any atom is -0.475 e. The van der Waals surface area contributed by atoms with E-state index in [1.807, 2.05) is 5.38 Å². The SMILES string of the molecule is O=C(O)C(F)(F)F.O=C(c1cscn1)N1CC[C@@H]2[C@@H]1CCN2CC1CCOCC1. The monoisotopic (exact) mass is 435 g/mol. The Balaban J connectivity index is 0.000000298. The maximum Gasteiger partial charge on any atom is 0.490 e. The van der Waals surface area contributed by atoms with Gasteiger partial charge in [0.25, 0.3) is 5.91 Å². The predicted molar refractivity (Wildman–Crippen MR) is 98.8 cm³/mol. The van der Waals surface area contributed by atoms with E-state index in [0.717, 1.165) is 45.1 Å². The average molecular weight is 435 g/mol. The van der Waals surface area contributed by atoms with Gasteiger partial charge in [0.15, 0.2) is 0 Å². The first-order valence-electron chi connectivity index (χ1n) is 9.58. The number of hydrogen-bond acceptors (Lipinski definition) is 6. The molecule has 29 heavy (non-hydrogen) atoms. The zero-order valence-electron chi connectivity index (χ0n) is 15.8. The fourth-order valence-electron chi connectivity index (χ4n) is 4.28. The summed E-state index contributed by atoms with van der Waals surface area (Å²) in [5.41, 5.74) is 2.36. The molecule has 4 rings (SSSR count). The van der Waals surface area contributed by atoms with Crippen molar-refractivity contribution in [2.45, 2.75) is 43.9 Å². The van der Waals surface area contributed by atoms with Crippen molar-refractivity contribution in [3.63, 3.8) is 0 Å². The van der Waals surface area contributed by atoms with E-state index in [0.29, 0.717) is 17.8 Å². The lowest BCUT2D eigenvalue weighted by atomic mass is 9.99. The van der Waals surface area contributed by atoms with Crippen LogP contribution in [-0.2, 0) is 9.53 Å². The van der Waals surface area contributed by atoms with E-state index in [1.54, 1.807) is 5.51 Å². The number of alkyl halides is 3. The summed E-state index contributed by atoms with van der Waals surface area (Å²) < 4.78 is 37.2. The average Bonchev–Trinajstić information content (AvgIpc) is 3.41. The van der Waals surface area contributed by atoms with E-state index in [4.69, 9.17) is 14.6 Å². The topological polar surface area (TPSA) is 83.0 Å². The first-order valence-corrected chi connectivity index (χ1v) is 10.5. The molecule has 3 fully saturated rings. The van der Waals surface area contributed by atoms with Gasteiger partial charge in [-0.15, -0.1) is 11.3 Å². The molecule has 7 nitrogen and oxygen atoms in total. The first-order chi connectivity index (χ1) is 13.8. The number of aromatic nitrogens is 1. The largest absolute Gasteiger partial charge is 0.490 e. The summed E-state index contributed by atoms with van der Waals surface area (Å²) in [6, 6.07) is 0.958. The number of likely N-dealkylation sites (tertiary alicyclic amines) is 2. The zero-order valence-corrected chi connectivity index (χ0v) is 16.6. The Kier molecular flexibility index (Phi) is 7.12. The zero-order chi connectivity index (χ0) is 21.0. The number of halogens is 3. The van der Waals surface area contributed by atoms with E-state index >= 15 is 0 Å². The van der Waals surface area contributed by atoms with Gasteiger partial charge in [-0.05, 0) is 31.6 Å². The fourth-order valence-corrected chi connectivity index (χ4v) is 4.81. The highest BCUT2D eigenvalue weighted by Gasteiger charge is 2.45. The van der Waals surface area contributed by atoms with Gasteiger partial charge in [0, 0.05) is 50.3 Å². The van der Waals surface area contributed by atoms with E-state index in [-0.39, 0.29) is 5.91 Å². The van der Waals surface area contributed by atoms with Crippen molar-refractivity contribution >= 4 is 23.2 Å². The van der Waals surface area contributed by atoms with E-state index in [1.165, 1.54) is 30.7 Å². The maximum atomic E-state index is 12.6. The van der Waals surface area contributed by atoms with Crippen LogP contribution < -0.4 is 0 Å². The molecule has 3 saturated heterocycles. The van der Waals surface area contributed by atoms with Crippen LogP contribution in [0.4, 0.5) is 13.2 Å². The van der Waals surface area contributed by atoms with Crippen molar-refractivity contribution in [2.24, 2.45) is 5.92 Å². The maximum absolute atomic E-state index is 12.6. The highest BCUT2D eigenvalue weighted by atomic mass is 32.1. The Morgan fingerprint density at radius 1 is 1.17 bits per heavy atom. The Labute approximate surface area is 170 Å². The van der Waals surface area contributed by atoms with E-state index < -0.39 is 12.1 Å². The molecule has 2 atom stereocenters. The second-order valence-corrected chi connectivity index (χ2v) is 8.16. The van der Waals surface area contributed by atoms with E-state index in [2.05, 4.69) is 14.8 Å². The molecular weight excluding hydrogens is 411 g/mol. The molecule has 162 valence electrons. The summed E-state index contributed by atoms with van der Waals surface area (Å²) in [5.74, 6) is -1.86. The highest BCUT2D eigenvalue weighted by Crippen LogP contribution is 2.34. The number of nitrogens with zero attached hydrogens (tertiary/aromatic N) is 3. The van der Waals surface area contributed by atoms with Gasteiger partial charge >= 0.3 is 12.1 Å². The molecule has 1 aromatic heterocycles. The third-order valence-corrected chi connectivity index (χ3v) is 6.27. The normalized spacial score (nSPS) is 25.4. The minimum atomic E-state index is -5.08. The molecule has 0 radical (unpaired) electrons. The van der Waals surface area contributed by atoms with Gasteiger partial charge in [0.1, 0.15) is 5.69 Å². The summed E-state index contributed by atoms with van der Waals surface area (Å²) in [6.07, 6.45) is -0.474. The van der Waals surface area contributed by atoms with Gasteiger partial charge in [-0.25, -0.2) is 9.78 Å². The number of aliphatic carboxylic acids is 1. The number of amides is 1. The number of carboxylic acid groups (broad SMARTS) is 1. The van der Waals surface area contributed by atoms with Crippen molar-refractivity contribution in [3.8, 4) is 0 Å². The van der Waals surface area contributed by atoms with E-state index in [9.17, 15) is 18.0 Å². The van der Waals surface area contributed by atoms with Crippen LogP contribution in [0.5, 0.6) is 0 Å². The van der Waals surface area contributed by atoms with Gasteiger partial charge in [0.2, 0.25) is 0 Å². The molecule has 3 aliphatic heterocycles. The molecule has 11 heteroatoms. The molecule has 4 heterocycles. The van der Waals surface area contributed by atoms with Gasteiger partial charge < -0.3 is 14.7 Å². The Bertz CT molecular complexity index is 695. The molecule has 1 amide bonds. The summed E-state index contributed by atoms with van der Waals surface area (Å²) in [5, 5.41) is 8.99. The fraction of sp³-hybridized carbons (Fsp3) is 0.722. The third-order valence-electron chi connectivity index (χ3n) is 5.68. The second-order valence-electron chi connectivity index (χ2n) is 7.44. The standard InChI is InChI=1S/C16H23N3O2S.C2HF3O2/c20-16(13-10-22-11-17-13)19-6-2-14-15(19)1-5-18(14)9-12-3-7-21-8-4-12;3-2(4,5)1(6)7/h10-12,14-15H,1-9H2;(H,6,7)/t14-,15+;/m1./s1. The number of thiazole rings is 1. The third kappa shape index (κ3) is 5.46. The number of fused-ring (bicyclic) bond motifs is 1. The Morgan fingerprint density at radius 2 is 1.83 bits per heavy atom. The Morgan fingerprint density at radius 3 is 2.41 bits per heavy atom. The van der Waals surface area contributed by atoms with Crippen molar-refractivity contribution < 1.29 is 32.6 Å². The molecule has 0 aliphatic carbocycles. The summed E-state index contributed by atoms with van der Waals surface area (Å²) in [7, 11) is 0. The lowest BCUT2D eigenvalue weighted by Crippen LogP contribution is -2.41. The molecule has 1 N–H and O–H groups in total. The van der Waals surface area contributed by atoms with Crippen LogP contribution in [0.15, 0.2) is 10.9 Å². The van der Waals surface area contributed by atoms with Gasteiger partial charge in [0.05, 0.1) is 5.51 Å². The molecule has 0 spiro atoms. The van der Waals surface area contributed by atoms with Crippen LogP contribution >= 0.6 is 11.3 Å². The smallest absolute Gasteiger partial charge is 0.475 e. The van der Waals surface area contributed by atoms with Crippen LogP contribution in [-0.4, -0.2) is 82.9 Å². The molecule has 0 aromatic carbocycles. The molecule has 0 saturated carbocycles.